The molecule has 1 aliphatic carbocycles. The lowest BCUT2D eigenvalue weighted by Crippen LogP contribution is -2.57. The van der Waals surface area contributed by atoms with Crippen molar-refractivity contribution in [1.82, 2.24) is 25.2 Å². The number of aliphatic imine (C=N–C) groups is 1. The third kappa shape index (κ3) is 3.25. The summed E-state index contributed by atoms with van der Waals surface area (Å²) in [5.74, 6) is -3.90. The minimum absolute atomic E-state index is 0.197. The first-order chi connectivity index (χ1) is 12.9. The van der Waals surface area contributed by atoms with E-state index in [1.807, 2.05) is 0 Å². The second-order valence-corrected chi connectivity index (χ2v) is 6.68. The van der Waals surface area contributed by atoms with Gasteiger partial charge in [0.1, 0.15) is 6.21 Å². The highest BCUT2D eigenvalue weighted by Gasteiger charge is 2.42. The van der Waals surface area contributed by atoms with E-state index in [0.29, 0.717) is 11.1 Å². The van der Waals surface area contributed by atoms with Crippen molar-refractivity contribution in [3.8, 4) is 0 Å². The molecule has 1 fully saturated rings. The maximum Gasteiger partial charge on any atom is 0.302 e. The molecule has 27 heavy (non-hydrogen) atoms. The summed E-state index contributed by atoms with van der Waals surface area (Å²) in [7, 11) is 0. The van der Waals surface area contributed by atoms with E-state index in [9.17, 15) is 18.9 Å². The van der Waals surface area contributed by atoms with Crippen LogP contribution >= 0.6 is 0 Å². The molecule has 0 spiro atoms. The van der Waals surface area contributed by atoms with E-state index in [-0.39, 0.29) is 37.4 Å². The molecule has 142 valence electrons. The predicted octanol–water partition coefficient (Wildman–Crippen LogP) is 1.80. The Bertz CT molecular complexity index is 932. The summed E-state index contributed by atoms with van der Waals surface area (Å²) in [6, 6.07) is -0.230. The van der Waals surface area contributed by atoms with Crippen LogP contribution in [-0.4, -0.2) is 37.7 Å². The second-order valence-electron chi connectivity index (χ2n) is 6.68. The number of hydrogen-bond acceptors (Lipinski definition) is 7. The number of nitrogens with zero attached hydrogens (tertiary/aromatic N) is 5. The summed E-state index contributed by atoms with van der Waals surface area (Å²) in [5.41, 5.74) is 1.05. The van der Waals surface area contributed by atoms with Crippen LogP contribution in [0.25, 0.3) is 5.52 Å². The van der Waals surface area contributed by atoms with Crippen molar-refractivity contribution < 1.29 is 13.7 Å². The smallest absolute Gasteiger partial charge is 0.302 e. The molecule has 2 aliphatic rings. The molecule has 0 aromatic carbocycles. The molecular weight excluding hydrogens is 360 g/mol. The fourth-order valence-corrected chi connectivity index (χ4v) is 3.41. The number of nitrogens with one attached hydrogen (secondary N) is 2. The minimum atomic E-state index is -2.65. The molecule has 1 aliphatic heterocycles. The molecule has 1 atom stereocenters. The Balaban J connectivity index is 1.69. The third-order valence-corrected chi connectivity index (χ3v) is 4.87. The minimum Gasteiger partial charge on any atom is -0.345 e. The van der Waals surface area contributed by atoms with Gasteiger partial charge in [0.05, 0.1) is 34.6 Å². The third-order valence-electron chi connectivity index (χ3n) is 4.87. The van der Waals surface area contributed by atoms with Crippen LogP contribution in [0.1, 0.15) is 31.2 Å². The van der Waals surface area contributed by atoms with Crippen LogP contribution in [0, 0.1) is 10.1 Å². The summed E-state index contributed by atoms with van der Waals surface area (Å²) < 4.78 is 28.6. The van der Waals surface area contributed by atoms with Gasteiger partial charge in [0.2, 0.25) is 11.7 Å². The molecule has 3 heterocycles. The van der Waals surface area contributed by atoms with Gasteiger partial charge in [0.15, 0.2) is 0 Å². The highest BCUT2D eigenvalue weighted by molar-refractivity contribution is 5.77. The molecule has 4 rings (SSSR count). The van der Waals surface area contributed by atoms with Crippen molar-refractivity contribution in [2.45, 2.75) is 43.4 Å². The molecule has 9 nitrogen and oxygen atoms in total. The zero-order chi connectivity index (χ0) is 19.1. The first-order valence-corrected chi connectivity index (χ1v) is 8.49. The van der Waals surface area contributed by atoms with E-state index >= 15 is 0 Å². The maximum atomic E-state index is 13.5. The Hall–Kier alpha value is -2.95. The van der Waals surface area contributed by atoms with E-state index in [4.69, 9.17) is 0 Å². The lowest BCUT2D eigenvalue weighted by atomic mass is 9.91. The lowest BCUT2D eigenvalue weighted by Gasteiger charge is -2.38. The van der Waals surface area contributed by atoms with Gasteiger partial charge in [-0.25, -0.2) is 18.3 Å². The van der Waals surface area contributed by atoms with Gasteiger partial charge in [-0.2, -0.15) is 5.10 Å². The number of rotatable bonds is 4. The quantitative estimate of drug-likeness (QED) is 0.621. The van der Waals surface area contributed by atoms with Gasteiger partial charge in [0.25, 0.3) is 0 Å². The Labute approximate surface area is 152 Å². The summed E-state index contributed by atoms with van der Waals surface area (Å²) in [5, 5.41) is 21.5. The van der Waals surface area contributed by atoms with Crippen molar-refractivity contribution in [1.29, 1.82) is 0 Å². The number of halogens is 2. The van der Waals surface area contributed by atoms with Crippen LogP contribution in [0.15, 0.2) is 41.7 Å². The van der Waals surface area contributed by atoms with Crippen molar-refractivity contribution in [3.63, 3.8) is 0 Å². The second kappa shape index (κ2) is 6.34. The average molecular weight is 377 g/mol. The molecule has 2 aromatic heterocycles. The number of allylic oxidation sites excluding steroid dienone is 1. The normalized spacial score (nSPS) is 25.2. The van der Waals surface area contributed by atoms with Crippen molar-refractivity contribution >= 4 is 11.7 Å². The fourth-order valence-electron chi connectivity index (χ4n) is 3.41. The number of nitro groups is 1. The van der Waals surface area contributed by atoms with Crippen LogP contribution in [0.2, 0.25) is 0 Å². The van der Waals surface area contributed by atoms with Crippen molar-refractivity contribution in [2.24, 2.45) is 4.99 Å². The topological polar surface area (TPSA) is 110 Å². The number of alkyl halides is 2. The molecular formula is C16H17F2N7O2. The van der Waals surface area contributed by atoms with E-state index in [1.54, 1.807) is 29.3 Å². The Kier molecular flexibility index (Phi) is 4.10. The SMILES string of the molecule is O=[N+]([O-])C1=CNC(NC2CCC(F)(F)CC2)(c2cnn3ccncc23)N=C1. The van der Waals surface area contributed by atoms with Crippen LogP contribution in [0.3, 0.4) is 0 Å². The molecule has 1 saturated carbocycles. The monoisotopic (exact) mass is 377 g/mol. The molecule has 1 unspecified atom stereocenters. The number of fused-ring (bicyclic) bond motifs is 1. The molecule has 2 aromatic rings. The van der Waals surface area contributed by atoms with Gasteiger partial charge >= 0.3 is 5.70 Å². The molecule has 2 N–H and O–H groups in total. The lowest BCUT2D eigenvalue weighted by molar-refractivity contribution is -0.415. The van der Waals surface area contributed by atoms with Crippen LogP contribution in [0.5, 0.6) is 0 Å². The van der Waals surface area contributed by atoms with E-state index in [2.05, 4.69) is 25.7 Å². The Morgan fingerprint density at radius 3 is 2.78 bits per heavy atom. The molecule has 0 saturated heterocycles. The zero-order valence-corrected chi connectivity index (χ0v) is 14.2. The van der Waals surface area contributed by atoms with Crippen LogP contribution in [-0.2, 0) is 5.79 Å². The average Bonchev–Trinajstić information content (AvgIpc) is 3.09. The molecule has 0 radical (unpaired) electrons. The summed E-state index contributed by atoms with van der Waals surface area (Å²) in [6.07, 6.45) is 8.95. The van der Waals surface area contributed by atoms with Crippen LogP contribution < -0.4 is 10.6 Å². The highest BCUT2D eigenvalue weighted by Crippen LogP contribution is 2.35. The predicted molar refractivity (Wildman–Crippen MR) is 91.7 cm³/mol. The van der Waals surface area contributed by atoms with Gasteiger partial charge in [0, 0.05) is 31.3 Å². The summed E-state index contributed by atoms with van der Waals surface area (Å²) >= 11 is 0. The first-order valence-electron chi connectivity index (χ1n) is 8.49. The van der Waals surface area contributed by atoms with Crippen molar-refractivity contribution in [3.05, 3.63) is 52.4 Å². The largest absolute Gasteiger partial charge is 0.345 e. The molecule has 0 amide bonds. The Morgan fingerprint density at radius 2 is 2.11 bits per heavy atom. The molecule has 11 heteroatoms. The summed E-state index contributed by atoms with van der Waals surface area (Å²) in [4.78, 5) is 18.9. The standard InChI is InChI=1S/C16H17F2N7O2/c17-15(18)3-1-11(2-4-15)23-16(20-7-12(8-21-16)25(26)27)13-9-22-24-6-5-19-10-14(13)24/h5-11,20,23H,1-4H2. The van der Waals surface area contributed by atoms with Crippen molar-refractivity contribution in [2.75, 3.05) is 0 Å². The van der Waals surface area contributed by atoms with Crippen LogP contribution in [0.4, 0.5) is 8.78 Å². The summed E-state index contributed by atoms with van der Waals surface area (Å²) in [6.45, 7) is 0. The van der Waals surface area contributed by atoms with Gasteiger partial charge < -0.3 is 5.32 Å². The maximum absolute atomic E-state index is 13.5. The number of aromatic nitrogens is 3. The van der Waals surface area contributed by atoms with E-state index in [1.165, 1.54) is 6.20 Å². The Morgan fingerprint density at radius 1 is 1.33 bits per heavy atom. The first kappa shape index (κ1) is 17.5. The molecule has 0 bridgehead atoms. The van der Waals surface area contributed by atoms with Gasteiger partial charge in [-0.15, -0.1) is 0 Å². The zero-order valence-electron chi connectivity index (χ0n) is 14.2. The van der Waals surface area contributed by atoms with E-state index < -0.39 is 16.6 Å². The highest BCUT2D eigenvalue weighted by atomic mass is 19.3. The van der Waals surface area contributed by atoms with E-state index in [0.717, 1.165) is 6.21 Å². The fraction of sp³-hybridized carbons (Fsp3) is 0.438. The van der Waals surface area contributed by atoms with Gasteiger partial charge in [-0.1, -0.05) is 0 Å². The van der Waals surface area contributed by atoms with Gasteiger partial charge in [-0.3, -0.25) is 20.4 Å². The van der Waals surface area contributed by atoms with Gasteiger partial charge in [-0.05, 0) is 12.8 Å². The number of hydrogen-bond donors (Lipinski definition) is 2.